The molecular formula is C16H17N3O4. The minimum atomic E-state index is -1.32. The average Bonchev–Trinajstić information content (AvgIpc) is 2.58. The van der Waals surface area contributed by atoms with E-state index in [1.807, 2.05) is 24.3 Å². The summed E-state index contributed by atoms with van der Waals surface area (Å²) < 4.78 is 5.56. The fourth-order valence-electron chi connectivity index (χ4n) is 3.89. The zero-order valence-corrected chi connectivity index (χ0v) is 12.7. The number of benzene rings is 1. The maximum atomic E-state index is 12.9. The van der Waals surface area contributed by atoms with Crippen LogP contribution in [0.15, 0.2) is 24.3 Å². The summed E-state index contributed by atoms with van der Waals surface area (Å²) in [5.41, 5.74) is 0.653. The topological polar surface area (TPSA) is 79.0 Å². The van der Waals surface area contributed by atoms with Gasteiger partial charge in [0.15, 0.2) is 5.41 Å². The summed E-state index contributed by atoms with van der Waals surface area (Å²) in [6, 6.07) is 6.69. The summed E-state index contributed by atoms with van der Waals surface area (Å²) in [4.78, 5) is 40.5. The molecule has 120 valence electrons. The van der Waals surface area contributed by atoms with Gasteiger partial charge >= 0.3 is 6.03 Å². The molecule has 0 aliphatic carbocycles. The van der Waals surface area contributed by atoms with Crippen LogP contribution < -0.4 is 10.2 Å². The van der Waals surface area contributed by atoms with E-state index in [4.69, 9.17) is 4.74 Å². The number of hydrogen-bond acceptors (Lipinski definition) is 5. The lowest BCUT2D eigenvalue weighted by Gasteiger charge is -2.52. The number of nitrogens with one attached hydrogen (secondary N) is 1. The van der Waals surface area contributed by atoms with Crippen molar-refractivity contribution in [3.8, 4) is 0 Å². The third-order valence-corrected chi connectivity index (χ3v) is 5.08. The van der Waals surface area contributed by atoms with Crippen LogP contribution in [0, 0.1) is 5.41 Å². The molecule has 0 bridgehead atoms. The van der Waals surface area contributed by atoms with E-state index in [9.17, 15) is 14.4 Å². The number of carbonyl (C=O) groups excluding carboxylic acids is 3. The molecule has 2 fully saturated rings. The van der Waals surface area contributed by atoms with Gasteiger partial charge in [0.05, 0.1) is 19.3 Å². The first-order valence-electron chi connectivity index (χ1n) is 7.61. The van der Waals surface area contributed by atoms with E-state index in [2.05, 4.69) is 10.2 Å². The van der Waals surface area contributed by atoms with Crippen molar-refractivity contribution in [1.82, 2.24) is 10.2 Å². The molecule has 4 rings (SSSR count). The molecule has 0 saturated carbocycles. The van der Waals surface area contributed by atoms with Gasteiger partial charge < -0.3 is 9.64 Å². The van der Waals surface area contributed by atoms with Gasteiger partial charge in [0.25, 0.3) is 0 Å². The van der Waals surface area contributed by atoms with Crippen LogP contribution in [-0.4, -0.2) is 55.6 Å². The van der Waals surface area contributed by atoms with Gasteiger partial charge in [-0.2, -0.15) is 0 Å². The van der Waals surface area contributed by atoms with Gasteiger partial charge in [0, 0.05) is 19.3 Å². The zero-order chi connectivity index (χ0) is 16.2. The molecule has 1 aromatic rings. The van der Waals surface area contributed by atoms with E-state index >= 15 is 0 Å². The third-order valence-electron chi connectivity index (χ3n) is 5.08. The highest BCUT2D eigenvalue weighted by Crippen LogP contribution is 2.44. The third kappa shape index (κ3) is 1.77. The lowest BCUT2D eigenvalue weighted by Crippen LogP contribution is -2.73. The second kappa shape index (κ2) is 4.79. The normalized spacial score (nSPS) is 30.1. The number of ether oxygens (including phenoxy) is 1. The average molecular weight is 315 g/mol. The molecule has 7 heteroatoms. The predicted octanol–water partition coefficient (Wildman–Crippen LogP) is 0.142. The largest absolute Gasteiger partial charge is 0.377 e. The molecule has 2 saturated heterocycles. The summed E-state index contributed by atoms with van der Waals surface area (Å²) in [5.74, 6) is -0.984. The van der Waals surface area contributed by atoms with Crippen LogP contribution in [0.4, 0.5) is 10.5 Å². The fraction of sp³-hybridized carbons (Fsp3) is 0.438. The van der Waals surface area contributed by atoms with Crippen LogP contribution in [0.5, 0.6) is 0 Å². The van der Waals surface area contributed by atoms with Gasteiger partial charge in [-0.25, -0.2) is 4.79 Å². The molecule has 0 unspecified atom stereocenters. The molecule has 3 aliphatic rings. The van der Waals surface area contributed by atoms with Gasteiger partial charge in [-0.1, -0.05) is 18.2 Å². The van der Waals surface area contributed by atoms with E-state index in [-0.39, 0.29) is 13.0 Å². The van der Waals surface area contributed by atoms with E-state index in [1.54, 1.807) is 0 Å². The number of carbonyl (C=O) groups is 3. The minimum absolute atomic E-state index is 0.274. The number of barbiturate groups is 1. The number of urea groups is 1. The van der Waals surface area contributed by atoms with E-state index in [0.29, 0.717) is 13.2 Å². The Kier molecular flexibility index (Phi) is 2.96. The lowest BCUT2D eigenvalue weighted by molar-refractivity contribution is -0.155. The van der Waals surface area contributed by atoms with Gasteiger partial charge in [-0.15, -0.1) is 0 Å². The molecule has 1 aromatic carbocycles. The Bertz CT molecular complexity index is 719. The van der Waals surface area contributed by atoms with Crippen molar-refractivity contribution in [3.63, 3.8) is 0 Å². The first-order chi connectivity index (χ1) is 11.1. The van der Waals surface area contributed by atoms with Crippen molar-refractivity contribution in [1.29, 1.82) is 0 Å². The summed E-state index contributed by atoms with van der Waals surface area (Å²) in [7, 11) is 1.40. The smallest absolute Gasteiger partial charge is 0.330 e. The lowest BCUT2D eigenvalue weighted by atomic mass is 9.68. The van der Waals surface area contributed by atoms with Crippen molar-refractivity contribution >= 4 is 23.5 Å². The number of anilines is 1. The Labute approximate surface area is 133 Å². The molecule has 2 atom stereocenters. The standard InChI is InChI=1S/C16H17N3O4/c1-18-14(21)16(13(20)17-15(18)22)8-10-4-2-3-5-11(10)19-6-7-23-9-12(16)19/h2-5,12H,6-9H2,1H3,(H,17,20,22)/t12-,16-/m1/s1. The van der Waals surface area contributed by atoms with E-state index in [1.165, 1.54) is 7.05 Å². The number of morpholine rings is 1. The Morgan fingerprint density at radius 3 is 2.87 bits per heavy atom. The molecule has 0 aromatic heterocycles. The molecule has 4 amide bonds. The molecule has 7 nitrogen and oxygen atoms in total. The second-order valence-corrected chi connectivity index (χ2v) is 6.18. The first-order valence-corrected chi connectivity index (χ1v) is 7.61. The highest BCUT2D eigenvalue weighted by molar-refractivity contribution is 6.20. The van der Waals surface area contributed by atoms with Crippen LogP contribution in [-0.2, 0) is 20.7 Å². The van der Waals surface area contributed by atoms with Crippen LogP contribution in [0.25, 0.3) is 0 Å². The monoisotopic (exact) mass is 315 g/mol. The highest BCUT2D eigenvalue weighted by Gasteiger charge is 2.61. The number of rotatable bonds is 0. The van der Waals surface area contributed by atoms with Crippen molar-refractivity contribution in [2.24, 2.45) is 5.41 Å². The Balaban J connectivity index is 1.89. The molecule has 3 heterocycles. The maximum absolute atomic E-state index is 12.9. The summed E-state index contributed by atoms with van der Waals surface area (Å²) in [6.07, 6.45) is 0.274. The van der Waals surface area contributed by atoms with Crippen molar-refractivity contribution in [2.45, 2.75) is 12.5 Å². The van der Waals surface area contributed by atoms with E-state index < -0.39 is 29.3 Å². The van der Waals surface area contributed by atoms with Crippen LogP contribution in [0.1, 0.15) is 5.56 Å². The number of amides is 4. The van der Waals surface area contributed by atoms with Gasteiger partial charge in [0.2, 0.25) is 11.8 Å². The van der Waals surface area contributed by atoms with Crippen LogP contribution >= 0.6 is 0 Å². The zero-order valence-electron chi connectivity index (χ0n) is 12.7. The quantitative estimate of drug-likeness (QED) is 0.689. The molecule has 1 N–H and O–H groups in total. The van der Waals surface area contributed by atoms with Crippen LogP contribution in [0.2, 0.25) is 0 Å². The number of fused-ring (bicyclic) bond motifs is 4. The van der Waals surface area contributed by atoms with Gasteiger partial charge in [-0.3, -0.25) is 19.8 Å². The molecule has 23 heavy (non-hydrogen) atoms. The Morgan fingerprint density at radius 1 is 1.26 bits per heavy atom. The minimum Gasteiger partial charge on any atom is -0.377 e. The molecule has 1 spiro atoms. The SMILES string of the molecule is CN1C(=O)NC(=O)[C@]2(Cc3ccccc3N3CCOC[C@@H]32)C1=O. The van der Waals surface area contributed by atoms with Gasteiger partial charge in [-0.05, 0) is 18.1 Å². The number of para-hydroxylation sites is 1. The van der Waals surface area contributed by atoms with Crippen LogP contribution in [0.3, 0.4) is 0 Å². The number of imide groups is 2. The van der Waals surface area contributed by atoms with Crippen molar-refractivity contribution in [3.05, 3.63) is 29.8 Å². The molecule has 0 radical (unpaired) electrons. The summed E-state index contributed by atoms with van der Waals surface area (Å²) in [6.45, 7) is 1.45. The number of nitrogens with zero attached hydrogens (tertiary/aromatic N) is 2. The highest BCUT2D eigenvalue weighted by atomic mass is 16.5. The molecular weight excluding hydrogens is 298 g/mol. The van der Waals surface area contributed by atoms with Crippen molar-refractivity contribution < 1.29 is 19.1 Å². The summed E-state index contributed by atoms with van der Waals surface area (Å²) in [5, 5.41) is 2.33. The predicted molar refractivity (Wildman–Crippen MR) is 80.8 cm³/mol. The fourth-order valence-corrected chi connectivity index (χ4v) is 3.89. The molecule has 3 aliphatic heterocycles. The second-order valence-electron chi connectivity index (χ2n) is 6.18. The Morgan fingerprint density at radius 2 is 2.04 bits per heavy atom. The summed E-state index contributed by atoms with van der Waals surface area (Å²) >= 11 is 0. The van der Waals surface area contributed by atoms with Gasteiger partial charge in [0.1, 0.15) is 0 Å². The first kappa shape index (κ1) is 14.2. The Hall–Kier alpha value is -2.41. The number of hydrogen-bond donors (Lipinski definition) is 1. The van der Waals surface area contributed by atoms with Crippen molar-refractivity contribution in [2.75, 3.05) is 31.7 Å². The maximum Gasteiger partial charge on any atom is 0.330 e. The van der Waals surface area contributed by atoms with E-state index in [0.717, 1.165) is 16.2 Å².